The molecule has 2 aromatic carbocycles. The molecule has 2 aromatic rings. The first-order valence-corrected chi connectivity index (χ1v) is 20.9. The van der Waals surface area contributed by atoms with Crippen LogP contribution in [0.1, 0.15) is 43.5 Å². The van der Waals surface area contributed by atoms with E-state index in [-0.39, 0.29) is 17.9 Å². The van der Waals surface area contributed by atoms with Crippen LogP contribution >= 0.6 is 0 Å². The van der Waals surface area contributed by atoms with Gasteiger partial charge in [-0.15, -0.1) is 0 Å². The molecule has 4 rings (SSSR count). The predicted octanol–water partition coefficient (Wildman–Crippen LogP) is 5.31. The fraction of sp³-hybridized carbons (Fsp3) is 0.440. The van der Waals surface area contributed by atoms with E-state index >= 15 is 0 Å². The number of Topliss-reactive ketones (excluding diaryl/α,β-unsaturated/α-hetero) is 1. The van der Waals surface area contributed by atoms with Crippen molar-refractivity contribution in [1.29, 1.82) is 0 Å². The molecule has 0 radical (unpaired) electrons. The minimum atomic E-state index is -3.06. The number of benzene rings is 2. The Kier molecular flexibility index (Phi) is 5.71. The van der Waals surface area contributed by atoms with Gasteiger partial charge in [0.05, 0.1) is 0 Å². The Morgan fingerprint density at radius 2 is 1.55 bits per heavy atom. The Hall–Kier alpha value is -1.86. The van der Waals surface area contributed by atoms with Crippen molar-refractivity contribution >= 4 is 30.3 Å². The van der Waals surface area contributed by atoms with Crippen molar-refractivity contribution in [3.05, 3.63) is 71.8 Å². The summed E-state index contributed by atoms with van der Waals surface area (Å²) in [6.45, 7) is 4.21. The molecule has 2 aliphatic rings. The van der Waals surface area contributed by atoms with Gasteiger partial charge in [0, 0.05) is 0 Å². The zero-order chi connectivity index (χ0) is 22.4. The molecular weight excluding hydrogens is 497 g/mol. The first kappa shape index (κ1) is 22.3. The van der Waals surface area contributed by atoms with Crippen molar-refractivity contribution in [3.8, 4) is 0 Å². The molecule has 0 spiro atoms. The number of carbonyl (C=O) groups excluding carboxylic acids is 2. The molecule has 1 saturated carbocycles. The summed E-state index contributed by atoms with van der Waals surface area (Å²) in [5.41, 5.74) is 0.957. The van der Waals surface area contributed by atoms with E-state index < -0.39 is 33.6 Å². The van der Waals surface area contributed by atoms with E-state index in [0.717, 1.165) is 11.1 Å². The minimum absolute atomic E-state index is 0.0729. The summed E-state index contributed by atoms with van der Waals surface area (Å²) in [5.74, 6) is 0.0729. The maximum atomic E-state index is 13.6. The number of ketones is 1. The first-order valence-electron chi connectivity index (χ1n) is 10.9. The number of hydrogen-bond donors (Lipinski definition) is 0. The molecule has 1 aliphatic heterocycles. The normalized spacial score (nSPS) is 30.8. The third-order valence-corrected chi connectivity index (χ3v) is 16.7. The summed E-state index contributed by atoms with van der Waals surface area (Å²) in [6, 6.07) is 19.6. The molecule has 31 heavy (non-hydrogen) atoms. The van der Waals surface area contributed by atoms with E-state index in [1.807, 2.05) is 79.4 Å². The van der Waals surface area contributed by atoms with Crippen LogP contribution in [0.3, 0.4) is 0 Å². The van der Waals surface area contributed by atoms with Gasteiger partial charge in [0.2, 0.25) is 0 Å². The van der Waals surface area contributed by atoms with Crippen LogP contribution in [0.25, 0.3) is 0 Å². The zero-order valence-corrected chi connectivity index (χ0v) is 21.8. The quantitative estimate of drug-likeness (QED) is 0.478. The van der Waals surface area contributed by atoms with Crippen LogP contribution < -0.4 is 0 Å². The van der Waals surface area contributed by atoms with Gasteiger partial charge in [-0.2, -0.15) is 0 Å². The summed E-state index contributed by atoms with van der Waals surface area (Å²) in [6.07, 6.45) is -0.459. The predicted molar refractivity (Wildman–Crippen MR) is 122 cm³/mol. The van der Waals surface area contributed by atoms with E-state index in [1.165, 1.54) is 0 Å². The van der Waals surface area contributed by atoms with Crippen molar-refractivity contribution in [2.75, 3.05) is 6.61 Å². The molecule has 164 valence electrons. The summed E-state index contributed by atoms with van der Waals surface area (Å²) < 4.78 is 11.6. The molecule has 0 N–H and O–H groups in total. The molecule has 4 atom stereocenters. The van der Waals surface area contributed by atoms with Crippen LogP contribution in [0.4, 0.5) is 4.79 Å². The Balaban J connectivity index is 1.92. The van der Waals surface area contributed by atoms with Crippen molar-refractivity contribution in [3.63, 3.8) is 0 Å². The summed E-state index contributed by atoms with van der Waals surface area (Å²) >= 11 is -3.06. The molecule has 1 heterocycles. The number of nitrogens with zero attached hydrogens (tertiary/aromatic N) is 1. The Morgan fingerprint density at radius 1 is 1.00 bits per heavy atom. The first-order chi connectivity index (χ1) is 14.7. The molecule has 1 aliphatic carbocycles. The third kappa shape index (κ3) is 3.23. The molecule has 2 unspecified atom stereocenters. The van der Waals surface area contributed by atoms with Gasteiger partial charge in [-0.05, 0) is 0 Å². The summed E-state index contributed by atoms with van der Waals surface area (Å²) in [5, 5.41) is 0. The van der Waals surface area contributed by atoms with Crippen molar-refractivity contribution in [2.45, 2.75) is 56.4 Å². The topological polar surface area (TPSA) is 55.8 Å². The standard InChI is InChI=1S/C22H22NO4.3CH3.Sn/c1-3-26-22(2)17(14-18(22)24)23-19(15-10-6-4-7-11-15)20(27-21(23)25)16-12-8-5-9-13-16;;;;/h4-13,19-20H,3,14H2,1-2H3;3*1H3;/t19-,20+,22?;;;;/m0..../s1. The molecular formula is C25H31NO4Sn. The van der Waals surface area contributed by atoms with Gasteiger partial charge in [-0.25, -0.2) is 0 Å². The van der Waals surface area contributed by atoms with Crippen molar-refractivity contribution in [1.82, 2.24) is 4.90 Å². The Labute approximate surface area is 188 Å². The molecule has 1 amide bonds. The SMILES string of the molecule is CCOC1(C)C(=O)C[C]1(N1C(=O)O[C@H](c2ccccc2)[C@@H]1c1ccccc1)[Sn]([CH3])([CH3])[CH3]. The molecule has 5 nitrogen and oxygen atoms in total. The number of ether oxygens (including phenoxy) is 2. The Bertz CT molecular complexity index is 974. The number of cyclic esters (lactones) is 1. The number of carbonyl (C=O) groups is 2. The zero-order valence-electron chi connectivity index (χ0n) is 18.9. The van der Waals surface area contributed by atoms with Crippen LogP contribution in [-0.4, -0.2) is 50.9 Å². The van der Waals surface area contributed by atoms with Gasteiger partial charge in [0.15, 0.2) is 0 Å². The average Bonchev–Trinajstić information content (AvgIpc) is 3.09. The molecule has 6 heteroatoms. The van der Waals surface area contributed by atoms with E-state index in [4.69, 9.17) is 9.47 Å². The van der Waals surface area contributed by atoms with Crippen LogP contribution in [-0.2, 0) is 14.3 Å². The average molecular weight is 528 g/mol. The van der Waals surface area contributed by atoms with Gasteiger partial charge < -0.3 is 0 Å². The fourth-order valence-electron chi connectivity index (χ4n) is 5.58. The van der Waals surface area contributed by atoms with E-state index in [9.17, 15) is 9.59 Å². The molecule has 2 fully saturated rings. The number of rotatable bonds is 6. The second-order valence-corrected chi connectivity index (χ2v) is 24.8. The molecule has 1 saturated heterocycles. The van der Waals surface area contributed by atoms with E-state index in [2.05, 4.69) is 14.8 Å². The second-order valence-electron chi connectivity index (χ2n) is 9.62. The van der Waals surface area contributed by atoms with Crippen LogP contribution in [0.5, 0.6) is 0 Å². The van der Waals surface area contributed by atoms with Crippen molar-refractivity contribution < 1.29 is 19.1 Å². The fourth-order valence-corrected chi connectivity index (χ4v) is 15.0. The van der Waals surface area contributed by atoms with Gasteiger partial charge in [-0.3, -0.25) is 0 Å². The number of amides is 1. The van der Waals surface area contributed by atoms with Crippen LogP contribution in [0, 0.1) is 0 Å². The Morgan fingerprint density at radius 3 is 2.03 bits per heavy atom. The van der Waals surface area contributed by atoms with Crippen molar-refractivity contribution in [2.24, 2.45) is 0 Å². The summed E-state index contributed by atoms with van der Waals surface area (Å²) in [7, 11) is 0. The summed E-state index contributed by atoms with van der Waals surface area (Å²) in [4.78, 5) is 35.3. The maximum absolute atomic E-state index is 13.6. The van der Waals surface area contributed by atoms with Gasteiger partial charge in [0.25, 0.3) is 0 Å². The van der Waals surface area contributed by atoms with Gasteiger partial charge >= 0.3 is 189 Å². The number of hydrogen-bond acceptors (Lipinski definition) is 4. The van der Waals surface area contributed by atoms with Gasteiger partial charge in [-0.1, -0.05) is 0 Å². The monoisotopic (exact) mass is 529 g/mol. The van der Waals surface area contributed by atoms with Crippen LogP contribution in [0.15, 0.2) is 60.7 Å². The van der Waals surface area contributed by atoms with E-state index in [1.54, 1.807) is 0 Å². The second kappa shape index (κ2) is 7.92. The van der Waals surface area contributed by atoms with Gasteiger partial charge in [0.1, 0.15) is 0 Å². The molecule has 0 aromatic heterocycles. The van der Waals surface area contributed by atoms with Crippen LogP contribution in [0.2, 0.25) is 14.8 Å². The third-order valence-electron chi connectivity index (χ3n) is 7.08. The van der Waals surface area contributed by atoms with E-state index in [0.29, 0.717) is 13.0 Å². The molecule has 0 bridgehead atoms.